The monoisotopic (exact) mass is 398 g/mol. The van der Waals surface area contributed by atoms with Gasteiger partial charge in [-0.1, -0.05) is 18.2 Å². The molecule has 0 unspecified atom stereocenters. The molecule has 8 heteroatoms. The van der Waals surface area contributed by atoms with Crippen LogP contribution in [0.1, 0.15) is 26.2 Å². The Bertz CT molecular complexity index is 1050. The average Bonchev–Trinajstić information content (AvgIpc) is 2.74. The molecule has 1 saturated heterocycles. The molecule has 154 valence electrons. The lowest BCUT2D eigenvalue weighted by molar-refractivity contribution is -0.136. The number of hydrogen-bond acceptors (Lipinski definition) is 4. The number of aromatic nitrogens is 2. The molecule has 3 rings (SSSR count). The molecule has 0 saturated carbocycles. The van der Waals surface area contributed by atoms with E-state index in [2.05, 4.69) is 11.9 Å². The Balaban J connectivity index is 1.83. The van der Waals surface area contributed by atoms with Crippen molar-refractivity contribution in [1.82, 2.24) is 19.4 Å². The first kappa shape index (κ1) is 20.6. The highest BCUT2D eigenvalue weighted by Gasteiger charge is 2.24. The quantitative estimate of drug-likeness (QED) is 0.577. The molecule has 0 bridgehead atoms. The molecule has 1 aromatic carbocycles. The average molecular weight is 398 g/mol. The molecular weight excluding hydrogens is 372 g/mol. The van der Waals surface area contributed by atoms with E-state index in [0.29, 0.717) is 24.1 Å². The van der Waals surface area contributed by atoms with Gasteiger partial charge in [-0.3, -0.25) is 28.3 Å². The summed E-state index contributed by atoms with van der Waals surface area (Å²) in [6.07, 6.45) is 4.58. The molecule has 1 atom stereocenters. The number of fused-ring (bicyclic) bond motifs is 1. The standard InChI is InChI=1S/C21H26N4O4/c1-3-11-24-16-9-5-6-10-17(16)25(21(29)20(24)28)14-18(26)22-15(2)19(27)23-12-7-4-8-13-23/h3,5-6,9-10,15H,1,4,7-8,11-14H2,2H3,(H,22,26)/t15-/m1/s1. The first-order valence-electron chi connectivity index (χ1n) is 9.85. The Morgan fingerprint density at radius 3 is 2.28 bits per heavy atom. The van der Waals surface area contributed by atoms with Gasteiger partial charge in [0, 0.05) is 19.6 Å². The molecule has 1 aromatic heterocycles. The predicted octanol–water partition coefficient (Wildman–Crippen LogP) is 0.866. The van der Waals surface area contributed by atoms with Crippen LogP contribution in [0.2, 0.25) is 0 Å². The number of rotatable bonds is 6. The van der Waals surface area contributed by atoms with Gasteiger partial charge >= 0.3 is 11.1 Å². The van der Waals surface area contributed by atoms with Crippen molar-refractivity contribution in [3.63, 3.8) is 0 Å². The largest absolute Gasteiger partial charge is 0.343 e. The van der Waals surface area contributed by atoms with Gasteiger partial charge in [0.25, 0.3) is 0 Å². The first-order valence-corrected chi connectivity index (χ1v) is 9.85. The summed E-state index contributed by atoms with van der Waals surface area (Å²) in [6.45, 7) is 6.52. The predicted molar refractivity (Wildman–Crippen MR) is 111 cm³/mol. The van der Waals surface area contributed by atoms with E-state index in [-0.39, 0.29) is 19.0 Å². The number of carbonyl (C=O) groups is 2. The van der Waals surface area contributed by atoms with Gasteiger partial charge in [-0.05, 0) is 38.3 Å². The first-order chi connectivity index (χ1) is 13.9. The minimum Gasteiger partial charge on any atom is -0.343 e. The number of allylic oxidation sites excluding steroid dienone is 1. The van der Waals surface area contributed by atoms with Crippen molar-refractivity contribution < 1.29 is 9.59 Å². The highest BCUT2D eigenvalue weighted by Crippen LogP contribution is 2.11. The van der Waals surface area contributed by atoms with Crippen LogP contribution in [0.15, 0.2) is 46.5 Å². The fraction of sp³-hybridized carbons (Fsp3) is 0.429. The molecule has 1 N–H and O–H groups in total. The van der Waals surface area contributed by atoms with Crippen molar-refractivity contribution in [3.8, 4) is 0 Å². The number of nitrogens with zero attached hydrogens (tertiary/aromatic N) is 3. The molecule has 1 fully saturated rings. The third-order valence-electron chi connectivity index (χ3n) is 5.17. The van der Waals surface area contributed by atoms with Gasteiger partial charge in [-0.25, -0.2) is 0 Å². The molecule has 1 aliphatic heterocycles. The molecular formula is C21H26N4O4. The van der Waals surface area contributed by atoms with Crippen LogP contribution in [0, 0.1) is 0 Å². The zero-order valence-electron chi connectivity index (χ0n) is 16.6. The Morgan fingerprint density at radius 2 is 1.66 bits per heavy atom. The smallest absolute Gasteiger partial charge is 0.317 e. The Hall–Kier alpha value is -3.16. The molecule has 2 aromatic rings. The zero-order valence-corrected chi connectivity index (χ0v) is 16.6. The summed E-state index contributed by atoms with van der Waals surface area (Å²) in [5.41, 5.74) is -0.476. The molecule has 2 heterocycles. The number of para-hydroxylation sites is 2. The van der Waals surface area contributed by atoms with Gasteiger partial charge in [-0.2, -0.15) is 0 Å². The van der Waals surface area contributed by atoms with Gasteiger partial charge in [0.2, 0.25) is 11.8 Å². The van der Waals surface area contributed by atoms with E-state index in [1.807, 2.05) is 0 Å². The number of benzene rings is 1. The van der Waals surface area contributed by atoms with Crippen molar-refractivity contribution in [2.24, 2.45) is 0 Å². The van der Waals surface area contributed by atoms with Gasteiger partial charge in [0.15, 0.2) is 0 Å². The second-order valence-electron chi connectivity index (χ2n) is 7.26. The number of likely N-dealkylation sites (tertiary alicyclic amines) is 1. The SMILES string of the molecule is C=CCn1c(=O)c(=O)n(CC(=O)N[C@H](C)C(=O)N2CCCCC2)c2ccccc21. The number of amides is 2. The maximum Gasteiger partial charge on any atom is 0.317 e. The summed E-state index contributed by atoms with van der Waals surface area (Å²) < 4.78 is 2.49. The van der Waals surface area contributed by atoms with E-state index in [9.17, 15) is 19.2 Å². The summed E-state index contributed by atoms with van der Waals surface area (Å²) >= 11 is 0. The second kappa shape index (κ2) is 8.89. The summed E-state index contributed by atoms with van der Waals surface area (Å²) in [4.78, 5) is 52.0. The van der Waals surface area contributed by atoms with Crippen molar-refractivity contribution in [1.29, 1.82) is 0 Å². The molecule has 0 spiro atoms. The van der Waals surface area contributed by atoms with Gasteiger partial charge in [0.05, 0.1) is 11.0 Å². The minimum atomic E-state index is -0.782. The third kappa shape index (κ3) is 4.31. The van der Waals surface area contributed by atoms with Crippen molar-refractivity contribution in [2.75, 3.05) is 13.1 Å². The van der Waals surface area contributed by atoms with Gasteiger partial charge in [0.1, 0.15) is 12.6 Å². The highest BCUT2D eigenvalue weighted by molar-refractivity contribution is 5.88. The highest BCUT2D eigenvalue weighted by atomic mass is 16.2. The van der Waals surface area contributed by atoms with Gasteiger partial charge < -0.3 is 10.2 Å². The minimum absolute atomic E-state index is 0.128. The Kier molecular flexibility index (Phi) is 6.31. The van der Waals surface area contributed by atoms with Gasteiger partial charge in [-0.15, -0.1) is 6.58 Å². The van der Waals surface area contributed by atoms with Crippen LogP contribution in [0.4, 0.5) is 0 Å². The number of carbonyl (C=O) groups excluding carboxylic acids is 2. The summed E-state index contributed by atoms with van der Waals surface area (Å²) in [5, 5.41) is 2.66. The van der Waals surface area contributed by atoms with Crippen LogP contribution in [-0.4, -0.2) is 45.0 Å². The molecule has 0 radical (unpaired) electrons. The molecule has 0 aliphatic carbocycles. The fourth-order valence-corrected chi connectivity index (χ4v) is 3.72. The maximum absolute atomic E-state index is 12.6. The van der Waals surface area contributed by atoms with Crippen LogP contribution in [0.3, 0.4) is 0 Å². The lowest BCUT2D eigenvalue weighted by atomic mass is 10.1. The Morgan fingerprint density at radius 1 is 1.07 bits per heavy atom. The van der Waals surface area contributed by atoms with Crippen molar-refractivity contribution in [2.45, 2.75) is 45.3 Å². The number of nitrogens with one attached hydrogen (secondary N) is 1. The van der Waals surface area contributed by atoms with E-state index < -0.39 is 23.1 Å². The van der Waals surface area contributed by atoms with E-state index in [0.717, 1.165) is 23.8 Å². The zero-order chi connectivity index (χ0) is 21.0. The van der Waals surface area contributed by atoms with E-state index in [4.69, 9.17) is 0 Å². The number of piperidine rings is 1. The van der Waals surface area contributed by atoms with Crippen LogP contribution < -0.4 is 16.4 Å². The molecule has 1 aliphatic rings. The normalized spacial score (nSPS) is 15.1. The number of hydrogen-bond donors (Lipinski definition) is 1. The molecule has 29 heavy (non-hydrogen) atoms. The van der Waals surface area contributed by atoms with Crippen LogP contribution >= 0.6 is 0 Å². The van der Waals surface area contributed by atoms with Crippen LogP contribution in [-0.2, 0) is 22.7 Å². The lowest BCUT2D eigenvalue weighted by Gasteiger charge is -2.29. The third-order valence-corrected chi connectivity index (χ3v) is 5.17. The van der Waals surface area contributed by atoms with E-state index in [1.165, 1.54) is 10.6 Å². The van der Waals surface area contributed by atoms with Crippen LogP contribution in [0.5, 0.6) is 0 Å². The fourth-order valence-electron chi connectivity index (χ4n) is 3.72. The molecule has 8 nitrogen and oxygen atoms in total. The summed E-state index contributed by atoms with van der Waals surface area (Å²) in [5.74, 6) is -0.618. The Labute approximate surface area is 168 Å². The summed E-state index contributed by atoms with van der Waals surface area (Å²) in [6, 6.07) is 6.21. The van der Waals surface area contributed by atoms with Crippen molar-refractivity contribution in [3.05, 3.63) is 57.6 Å². The lowest BCUT2D eigenvalue weighted by Crippen LogP contribution is -2.50. The van der Waals surface area contributed by atoms with E-state index >= 15 is 0 Å². The summed E-state index contributed by atoms with van der Waals surface area (Å²) in [7, 11) is 0. The van der Waals surface area contributed by atoms with Crippen molar-refractivity contribution >= 4 is 22.8 Å². The van der Waals surface area contributed by atoms with Crippen LogP contribution in [0.25, 0.3) is 11.0 Å². The molecule has 2 amide bonds. The van der Waals surface area contributed by atoms with E-state index in [1.54, 1.807) is 36.1 Å². The second-order valence-corrected chi connectivity index (χ2v) is 7.26. The maximum atomic E-state index is 12.6. The topological polar surface area (TPSA) is 93.4 Å².